The number of ketones is 1. The van der Waals surface area contributed by atoms with Crippen LogP contribution in [-0.4, -0.2) is 22.9 Å². The van der Waals surface area contributed by atoms with E-state index < -0.39 is 5.97 Å². The van der Waals surface area contributed by atoms with Crippen LogP contribution in [0.5, 0.6) is 0 Å². The van der Waals surface area contributed by atoms with Gasteiger partial charge in [-0.05, 0) is 11.1 Å². The van der Waals surface area contributed by atoms with E-state index in [0.29, 0.717) is 11.5 Å². The van der Waals surface area contributed by atoms with Crippen molar-refractivity contribution in [3.05, 3.63) is 72.8 Å². The van der Waals surface area contributed by atoms with Gasteiger partial charge in [-0.3, -0.25) is 9.59 Å². The molecule has 0 amide bonds. The molecule has 0 heterocycles. The van der Waals surface area contributed by atoms with Crippen molar-refractivity contribution in [2.75, 3.05) is 0 Å². The zero-order chi connectivity index (χ0) is 21.6. The Morgan fingerprint density at radius 3 is 2.00 bits per heavy atom. The molecule has 0 spiro atoms. The Hall–Kier alpha value is -1.48. The average Bonchev–Trinajstić information content (AvgIpc) is 2.77. The van der Waals surface area contributed by atoms with Crippen molar-refractivity contribution in [2.45, 2.75) is 44.6 Å². The van der Waals surface area contributed by atoms with Gasteiger partial charge >= 0.3 is 34.2 Å². The Morgan fingerprint density at radius 2 is 1.52 bits per heavy atom. The van der Waals surface area contributed by atoms with Crippen LogP contribution < -0.4 is 0 Å². The fourth-order valence-corrected chi connectivity index (χ4v) is 3.05. The monoisotopic (exact) mass is 595 g/mol. The van der Waals surface area contributed by atoms with E-state index >= 15 is 0 Å². The third-order valence-corrected chi connectivity index (χ3v) is 4.79. The first-order valence-electron chi connectivity index (χ1n) is 9.54. The second-order valence-corrected chi connectivity index (χ2v) is 6.91. The van der Waals surface area contributed by atoms with Crippen LogP contribution in [0.25, 0.3) is 16.9 Å². The van der Waals surface area contributed by atoms with Gasteiger partial charge in [-0.2, -0.15) is 12.0 Å². The molecular weight excluding hydrogens is 569 g/mol. The molecule has 0 saturated heterocycles. The van der Waals surface area contributed by atoms with Crippen molar-refractivity contribution in [1.29, 1.82) is 0 Å². The number of carboxylic acid groups (broad SMARTS) is 1. The maximum atomic E-state index is 11.7. The molecule has 0 aromatic heterocycles. The van der Waals surface area contributed by atoms with Gasteiger partial charge in [0.2, 0.25) is 0 Å². The fraction of sp³-hybridized carbons (Fsp3) is 0.348. The molecule has 4 nitrogen and oxygen atoms in total. The van der Waals surface area contributed by atoms with Gasteiger partial charge < -0.3 is 17.8 Å². The molecule has 0 bridgehead atoms. The van der Waals surface area contributed by atoms with Gasteiger partial charge in [0.05, 0.1) is 6.42 Å². The van der Waals surface area contributed by atoms with Crippen molar-refractivity contribution < 1.29 is 33.5 Å². The zero-order valence-electron chi connectivity index (χ0n) is 16.3. The van der Waals surface area contributed by atoms with Crippen molar-refractivity contribution in [2.24, 2.45) is 5.92 Å². The van der Waals surface area contributed by atoms with Crippen LogP contribution in [0.2, 0.25) is 0 Å². The van der Waals surface area contributed by atoms with Gasteiger partial charge in [-0.15, -0.1) is 0 Å². The summed E-state index contributed by atoms with van der Waals surface area (Å²) in [5.41, 5.74) is 10.1. The van der Waals surface area contributed by atoms with Crippen molar-refractivity contribution in [3.63, 3.8) is 0 Å². The molecule has 29 heavy (non-hydrogen) atoms. The molecule has 1 saturated carbocycles. The molecule has 3 rings (SSSR count). The van der Waals surface area contributed by atoms with Gasteiger partial charge in [0.15, 0.2) is 5.78 Å². The summed E-state index contributed by atoms with van der Waals surface area (Å²) in [6.45, 7) is 3.89. The normalized spacial score (nSPS) is 17.8. The van der Waals surface area contributed by atoms with Crippen LogP contribution in [-0.2, 0) is 23.6 Å². The number of aliphatic carboxylic acids is 1. The Balaban J connectivity index is 0.000000351. The molecule has 1 aliphatic carbocycles. The SMILES string of the molecule is O=C(O)CCC(=O)c1ccc(-c2ccccc2)cc1.[CH2-]C1CCCCC1[NH-].[Cl][Pt]. The second-order valence-electron chi connectivity index (χ2n) is 6.91. The van der Waals surface area contributed by atoms with E-state index in [9.17, 15) is 9.59 Å². The standard InChI is InChI=1S/C16H14O3.C7H13N.ClH.Pt/c17-15(10-11-16(18)19)14-8-6-13(7-9-14)12-4-2-1-3-5-12;1-6-4-2-3-5-7(6)8;;/h1-9H,10-11H2,(H,18,19);6-8H,1-5H2;1H;/q;-2;;+1/p-1. The molecule has 2 aromatic rings. The van der Waals surface area contributed by atoms with Crippen LogP contribution in [0.1, 0.15) is 48.9 Å². The van der Waals surface area contributed by atoms with Gasteiger partial charge in [0.25, 0.3) is 0 Å². The van der Waals surface area contributed by atoms with Crippen LogP contribution in [0.15, 0.2) is 54.6 Å². The van der Waals surface area contributed by atoms with E-state index in [0.717, 1.165) is 17.5 Å². The van der Waals surface area contributed by atoms with E-state index in [1.807, 2.05) is 42.5 Å². The Morgan fingerprint density at radius 1 is 0.966 bits per heavy atom. The number of benzene rings is 2. The molecule has 2 atom stereocenters. The van der Waals surface area contributed by atoms with Crippen molar-refractivity contribution in [1.82, 2.24) is 0 Å². The van der Waals surface area contributed by atoms with E-state index in [2.05, 4.69) is 16.3 Å². The molecule has 2 N–H and O–H groups in total. The molecular formula is C23H27ClNO3Pt-2. The molecule has 2 unspecified atom stereocenters. The van der Waals surface area contributed by atoms with E-state index in [4.69, 9.17) is 10.8 Å². The number of carbonyl (C=O) groups excluding carboxylic acids is 1. The number of nitrogens with one attached hydrogen (secondary N) is 1. The predicted octanol–water partition coefficient (Wildman–Crippen LogP) is 6.52. The first-order chi connectivity index (χ1) is 14.0. The van der Waals surface area contributed by atoms with Crippen LogP contribution in [0.3, 0.4) is 0 Å². The van der Waals surface area contributed by atoms with Gasteiger partial charge in [-0.1, -0.05) is 80.3 Å². The minimum absolute atomic E-state index is 0.0417. The fourth-order valence-electron chi connectivity index (χ4n) is 3.05. The molecule has 0 aliphatic heterocycles. The first-order valence-corrected chi connectivity index (χ1v) is 12.4. The average molecular weight is 596 g/mol. The van der Waals surface area contributed by atoms with E-state index in [1.165, 1.54) is 19.3 Å². The zero-order valence-corrected chi connectivity index (χ0v) is 19.3. The third kappa shape index (κ3) is 9.71. The number of carboxylic acids is 1. The quantitative estimate of drug-likeness (QED) is 0.316. The number of rotatable bonds is 5. The second kappa shape index (κ2) is 14.5. The first kappa shape index (κ1) is 25.6. The summed E-state index contributed by atoms with van der Waals surface area (Å²) in [6.07, 6.45) is 4.71. The molecule has 2 aromatic carbocycles. The van der Waals surface area contributed by atoms with Crippen LogP contribution in [0.4, 0.5) is 0 Å². The summed E-state index contributed by atoms with van der Waals surface area (Å²) in [7, 11) is 4.61. The van der Waals surface area contributed by atoms with Crippen LogP contribution >= 0.6 is 9.42 Å². The van der Waals surface area contributed by atoms with Crippen molar-refractivity contribution in [3.8, 4) is 11.1 Å². The van der Waals surface area contributed by atoms with Crippen molar-refractivity contribution >= 4 is 21.2 Å². The van der Waals surface area contributed by atoms with E-state index in [-0.39, 0.29) is 24.7 Å². The predicted molar refractivity (Wildman–Crippen MR) is 114 cm³/mol. The topological polar surface area (TPSA) is 78.2 Å². The summed E-state index contributed by atoms with van der Waals surface area (Å²) >= 11 is 1.61. The summed E-state index contributed by atoms with van der Waals surface area (Å²) in [4.78, 5) is 22.2. The molecule has 1 fully saturated rings. The number of hydrogen-bond acceptors (Lipinski definition) is 2. The number of halogens is 1. The Bertz CT molecular complexity index is 728. The summed E-state index contributed by atoms with van der Waals surface area (Å²) in [5.74, 6) is -0.667. The third-order valence-electron chi connectivity index (χ3n) is 4.79. The Kier molecular flexibility index (Phi) is 12.8. The molecule has 0 radical (unpaired) electrons. The minimum atomic E-state index is -0.950. The van der Waals surface area contributed by atoms with Gasteiger partial charge in [0.1, 0.15) is 0 Å². The molecule has 1 aliphatic rings. The summed E-state index contributed by atoms with van der Waals surface area (Å²) < 4.78 is 0. The summed E-state index contributed by atoms with van der Waals surface area (Å²) in [6, 6.07) is 17.3. The maximum absolute atomic E-state index is 11.7. The van der Waals surface area contributed by atoms with Crippen LogP contribution in [0, 0.1) is 12.8 Å². The number of Topliss-reactive ketones (excluding diaryl/α,β-unsaturated/α-hetero) is 1. The van der Waals surface area contributed by atoms with E-state index in [1.54, 1.807) is 30.9 Å². The summed E-state index contributed by atoms with van der Waals surface area (Å²) in [5, 5.41) is 8.55. The van der Waals surface area contributed by atoms with Gasteiger partial charge in [-0.25, -0.2) is 0 Å². The van der Waals surface area contributed by atoms with Gasteiger partial charge in [0, 0.05) is 12.0 Å². The molecule has 161 valence electrons. The molecule has 6 heteroatoms. The Labute approximate surface area is 188 Å². The number of hydrogen-bond donors (Lipinski definition) is 1. The number of carbonyl (C=O) groups is 2.